The summed E-state index contributed by atoms with van der Waals surface area (Å²) in [7, 11) is 0. The Morgan fingerprint density at radius 2 is 0.717 bits per heavy atom. The molecule has 0 atom stereocenters. The van der Waals surface area contributed by atoms with Crippen molar-refractivity contribution in [3.63, 3.8) is 0 Å². The third kappa shape index (κ3) is 17.4. The van der Waals surface area contributed by atoms with Gasteiger partial charge in [0.1, 0.15) is 0 Å². The van der Waals surface area contributed by atoms with Gasteiger partial charge in [0.2, 0.25) is 0 Å². The zero-order valence-corrected chi connectivity index (χ0v) is 38.3. The maximum absolute atomic E-state index is 5.43. The average Bonchev–Trinajstić information content (AvgIpc) is 3.10. The van der Waals surface area contributed by atoms with Crippen molar-refractivity contribution in [1.29, 1.82) is 0 Å². The fourth-order valence-corrected chi connectivity index (χ4v) is 6.72. The van der Waals surface area contributed by atoms with Crippen molar-refractivity contribution >= 4 is 22.8 Å². The molecule has 3 rings (SSSR count). The van der Waals surface area contributed by atoms with Crippen LogP contribution < -0.4 is 37.2 Å². The zero-order chi connectivity index (χ0) is 35.6. The van der Waals surface area contributed by atoms with Crippen LogP contribution >= 0.6 is 0 Å². The number of unbranched alkanes of at least 4 members (excludes halogenated alkanes) is 6. The molecule has 3 nitrogen and oxygen atoms in total. The Hall–Kier alpha value is -1.62. The van der Waals surface area contributed by atoms with Crippen LogP contribution in [-0.4, -0.2) is 16.4 Å². The minimum absolute atomic E-state index is 0. The Bertz CT molecular complexity index is 1360. The van der Waals surface area contributed by atoms with Gasteiger partial charge in [-0.15, -0.1) is 0 Å². The molecule has 0 saturated heterocycles. The second-order valence-corrected chi connectivity index (χ2v) is 14.5. The van der Waals surface area contributed by atoms with E-state index in [1.54, 1.807) is 0 Å². The number of hydrogen-bond acceptors (Lipinski definition) is 3. The smallest absolute Gasteiger partial charge is 1.00 e. The first-order chi connectivity index (χ1) is 23.8. The van der Waals surface area contributed by atoms with E-state index in [4.69, 9.17) is 15.0 Å². The maximum Gasteiger partial charge on any atom is 3.00 e. The molecule has 0 aliphatic carbocycles. The molecule has 0 radical (unpaired) electrons. The van der Waals surface area contributed by atoms with E-state index >= 15 is 0 Å². The number of benzene rings is 2. The number of halogens is 3. The summed E-state index contributed by atoms with van der Waals surface area (Å²) in [5, 5.41) is 0. The molecule has 0 N–H and O–H groups in total. The van der Waals surface area contributed by atoms with E-state index in [2.05, 4.69) is 98.7 Å². The van der Waals surface area contributed by atoms with Gasteiger partial charge in [-0.2, -0.15) is 0 Å². The molecule has 0 fully saturated rings. The molecule has 0 spiro atoms. The van der Waals surface area contributed by atoms with Crippen molar-refractivity contribution < 1.29 is 55.8 Å². The number of hydrogen-bond donors (Lipinski definition) is 0. The van der Waals surface area contributed by atoms with Crippen LogP contribution in [-0.2, 0) is 57.1 Å². The second-order valence-electron chi connectivity index (χ2n) is 14.5. The third-order valence-corrected chi connectivity index (χ3v) is 9.76. The van der Waals surface area contributed by atoms with Gasteiger partial charge in [0.05, 0.1) is 34.2 Å². The van der Waals surface area contributed by atoms with Crippen LogP contribution in [0.25, 0.3) is 0 Å². The molecule has 0 amide bonds. The minimum atomic E-state index is 0. The molecule has 2 aromatic carbocycles. The first-order valence-electron chi connectivity index (χ1n) is 20.2. The van der Waals surface area contributed by atoms with Gasteiger partial charge in [-0.3, -0.25) is 9.98 Å². The normalized spacial score (nSPS) is 11.3. The Morgan fingerprint density at radius 1 is 0.453 bits per heavy atom. The predicted molar refractivity (Wildman–Crippen MR) is 217 cm³/mol. The summed E-state index contributed by atoms with van der Waals surface area (Å²) < 4.78 is 0. The molecule has 0 saturated carbocycles. The van der Waals surface area contributed by atoms with Crippen LogP contribution in [0.5, 0.6) is 0 Å². The quantitative estimate of drug-likeness (QED) is 0.135. The third-order valence-electron chi connectivity index (χ3n) is 9.76. The molecule has 294 valence electrons. The first kappa shape index (κ1) is 53.5. The number of nitrogens with zero attached hydrogens (tertiary/aromatic N) is 3. The van der Waals surface area contributed by atoms with E-state index < -0.39 is 0 Å². The minimum Gasteiger partial charge on any atom is -1.00 e. The van der Waals surface area contributed by atoms with E-state index in [1.807, 2.05) is 0 Å². The van der Waals surface area contributed by atoms with E-state index in [0.717, 1.165) is 61.3 Å². The zero-order valence-electron chi connectivity index (χ0n) is 34.6. The van der Waals surface area contributed by atoms with Gasteiger partial charge in [0.15, 0.2) is 0 Å². The fraction of sp³-hybridized carbons (Fsp3) is 0.587. The molecule has 0 aliphatic rings. The number of aromatic nitrogens is 1. The second kappa shape index (κ2) is 29.6. The van der Waals surface area contributed by atoms with Crippen molar-refractivity contribution in [2.75, 3.05) is 0 Å². The summed E-state index contributed by atoms with van der Waals surface area (Å²) in [5.74, 6) is 0. The summed E-state index contributed by atoms with van der Waals surface area (Å²) in [6.07, 6.45) is 21.1. The maximum atomic E-state index is 5.43. The molecule has 1 aromatic heterocycles. The summed E-state index contributed by atoms with van der Waals surface area (Å²) >= 11 is 0. The number of rotatable bonds is 22. The summed E-state index contributed by atoms with van der Waals surface area (Å²) in [5.41, 5.74) is 16.1. The van der Waals surface area contributed by atoms with Crippen LogP contribution in [0.4, 0.5) is 11.4 Å². The summed E-state index contributed by atoms with van der Waals surface area (Å²) in [4.78, 5) is 16.1. The van der Waals surface area contributed by atoms with Gasteiger partial charge in [-0.25, -0.2) is 4.98 Å². The van der Waals surface area contributed by atoms with Crippen molar-refractivity contribution in [2.24, 2.45) is 9.98 Å². The Labute approximate surface area is 356 Å². The topological polar surface area (TPSA) is 37.6 Å². The first-order valence-corrected chi connectivity index (χ1v) is 20.2. The summed E-state index contributed by atoms with van der Waals surface area (Å²) in [6, 6.07) is 14.2. The van der Waals surface area contributed by atoms with Crippen molar-refractivity contribution in [1.82, 2.24) is 4.98 Å². The van der Waals surface area contributed by atoms with Crippen molar-refractivity contribution in [3.8, 4) is 0 Å². The molecule has 0 aliphatic heterocycles. The van der Waals surface area contributed by atoms with Gasteiger partial charge >= 0.3 is 18.6 Å². The van der Waals surface area contributed by atoms with Crippen LogP contribution in [0.2, 0.25) is 0 Å². The van der Waals surface area contributed by atoms with Crippen molar-refractivity contribution in [2.45, 2.75) is 178 Å². The van der Waals surface area contributed by atoms with Gasteiger partial charge in [-0.1, -0.05) is 104 Å². The molecule has 0 bridgehead atoms. The van der Waals surface area contributed by atoms with Crippen LogP contribution in [0.1, 0.15) is 183 Å². The Balaban J connectivity index is 0. The standard InChI is InChI=1S/C46H69N3.3ClH.V/c1-10-16-22-37-30-39(24-18-12-3)45(40(31-37)25-19-13-4)47-35(8)43-28-34(7)29-44(49-43)36(9)48-46-41(26-20-14-5)32-38(23-17-11-2)33-42(46)27-21-15-6;;;;/h28-33H,10-27H2,1-9H3;3*1H;/q;;;;+3/p-3. The van der Waals surface area contributed by atoms with Gasteiger partial charge in [0.25, 0.3) is 0 Å². The fourth-order valence-electron chi connectivity index (χ4n) is 6.72. The molecule has 0 unspecified atom stereocenters. The Kier molecular flexibility index (Phi) is 29.9. The van der Waals surface area contributed by atoms with Crippen LogP contribution in [0, 0.1) is 6.92 Å². The Morgan fingerprint density at radius 3 is 0.981 bits per heavy atom. The van der Waals surface area contributed by atoms with Gasteiger partial charge in [-0.05, 0) is 149 Å². The van der Waals surface area contributed by atoms with Crippen LogP contribution in [0.15, 0.2) is 46.4 Å². The van der Waals surface area contributed by atoms with Gasteiger partial charge in [0, 0.05) is 0 Å². The molecule has 1 heterocycles. The van der Waals surface area contributed by atoms with E-state index in [0.29, 0.717) is 0 Å². The summed E-state index contributed by atoms with van der Waals surface area (Å²) in [6.45, 7) is 20.2. The van der Waals surface area contributed by atoms with E-state index in [-0.39, 0.29) is 55.8 Å². The predicted octanol–water partition coefficient (Wildman–Crippen LogP) is 4.74. The largest absolute Gasteiger partial charge is 3.00 e. The molecular weight excluding hydrogens is 752 g/mol. The van der Waals surface area contributed by atoms with Crippen LogP contribution in [0.3, 0.4) is 0 Å². The monoisotopic (exact) mass is 819 g/mol. The number of pyridine rings is 1. The molecule has 3 aromatic rings. The van der Waals surface area contributed by atoms with Gasteiger partial charge < -0.3 is 37.2 Å². The molecule has 53 heavy (non-hydrogen) atoms. The molecule has 7 heteroatoms. The molecular formula is C46H69Cl3N3V. The average molecular weight is 821 g/mol. The number of aliphatic imine (C=N–C) groups is 2. The van der Waals surface area contributed by atoms with E-state index in [9.17, 15) is 0 Å². The van der Waals surface area contributed by atoms with Crippen molar-refractivity contribution in [3.05, 3.63) is 86.7 Å². The van der Waals surface area contributed by atoms with E-state index in [1.165, 1.54) is 127 Å². The SMILES string of the molecule is CCCCc1cc(CCCC)c(N=C(C)c2cc(C)cc(C(C)=Nc3c(CCCC)cc(CCCC)cc3CCCC)n2)c(CCCC)c1.[Cl-].[Cl-].[Cl-].[V+3]. The number of aryl methyl sites for hydroxylation is 7.